The third-order valence-electron chi connectivity index (χ3n) is 2.98. The lowest BCUT2D eigenvalue weighted by molar-refractivity contribution is 0.282. The Morgan fingerprint density at radius 3 is 2.56 bits per heavy atom. The summed E-state index contributed by atoms with van der Waals surface area (Å²) in [7, 11) is 0. The third-order valence-corrected chi connectivity index (χ3v) is 3.72. The predicted molar refractivity (Wildman–Crippen MR) is 78.4 cm³/mol. The molecule has 0 aliphatic heterocycles. The number of nitrogens with one attached hydrogen (secondary N) is 1. The van der Waals surface area contributed by atoms with Crippen LogP contribution in [0.15, 0.2) is 18.2 Å². The van der Waals surface area contributed by atoms with Gasteiger partial charge >= 0.3 is 0 Å². The Bertz CT molecular complexity index is 358. The van der Waals surface area contributed by atoms with Crippen LogP contribution in [-0.2, 0) is 0 Å². The Morgan fingerprint density at radius 2 is 1.94 bits per heavy atom. The molecule has 0 heterocycles. The fourth-order valence-electron chi connectivity index (χ4n) is 1.92. The Morgan fingerprint density at radius 1 is 1.17 bits per heavy atom. The van der Waals surface area contributed by atoms with E-state index in [1.807, 2.05) is 18.2 Å². The Kier molecular flexibility index (Phi) is 7.68. The van der Waals surface area contributed by atoms with Gasteiger partial charge in [-0.05, 0) is 49.9 Å². The summed E-state index contributed by atoms with van der Waals surface area (Å²) in [5, 5.41) is 13.4. The van der Waals surface area contributed by atoms with Crippen molar-refractivity contribution < 1.29 is 5.11 Å². The summed E-state index contributed by atoms with van der Waals surface area (Å²) in [5.74, 6) is 0. The molecule has 102 valence electrons. The molecule has 18 heavy (non-hydrogen) atoms. The van der Waals surface area contributed by atoms with Crippen LogP contribution in [-0.4, -0.2) is 18.3 Å². The number of hydrogen-bond acceptors (Lipinski definition) is 2. The van der Waals surface area contributed by atoms with Gasteiger partial charge in [0.1, 0.15) is 0 Å². The zero-order chi connectivity index (χ0) is 13.4. The molecule has 0 aromatic heterocycles. The van der Waals surface area contributed by atoms with Crippen LogP contribution in [0, 0.1) is 0 Å². The van der Waals surface area contributed by atoms with Crippen LogP contribution in [0.5, 0.6) is 0 Å². The number of hydrogen-bond donors (Lipinski definition) is 2. The highest BCUT2D eigenvalue weighted by atomic mass is 35.5. The minimum absolute atomic E-state index is 0.282. The van der Waals surface area contributed by atoms with Crippen molar-refractivity contribution in [2.24, 2.45) is 0 Å². The van der Waals surface area contributed by atoms with E-state index in [9.17, 15) is 0 Å². The van der Waals surface area contributed by atoms with Crippen LogP contribution >= 0.6 is 23.2 Å². The first-order valence-corrected chi connectivity index (χ1v) is 7.23. The molecule has 0 saturated heterocycles. The summed E-state index contributed by atoms with van der Waals surface area (Å²) in [4.78, 5) is 0. The van der Waals surface area contributed by atoms with Gasteiger partial charge in [0.25, 0.3) is 0 Å². The maximum Gasteiger partial charge on any atom is 0.0595 e. The molecule has 0 fully saturated rings. The maximum atomic E-state index is 8.71. The molecule has 0 aliphatic carbocycles. The molecule has 4 heteroatoms. The zero-order valence-corrected chi connectivity index (χ0v) is 12.3. The van der Waals surface area contributed by atoms with E-state index in [1.165, 1.54) is 5.56 Å². The first-order valence-electron chi connectivity index (χ1n) is 6.48. The third kappa shape index (κ3) is 5.15. The fourth-order valence-corrected chi connectivity index (χ4v) is 2.22. The SMILES string of the molecule is CCC(NCCCCCO)c1ccc(Cl)c(Cl)c1. The average Bonchev–Trinajstić information content (AvgIpc) is 2.37. The quantitative estimate of drug-likeness (QED) is 0.703. The molecule has 2 nitrogen and oxygen atoms in total. The fraction of sp³-hybridized carbons (Fsp3) is 0.571. The van der Waals surface area contributed by atoms with Crippen LogP contribution in [0.1, 0.15) is 44.2 Å². The van der Waals surface area contributed by atoms with Gasteiger partial charge in [0.2, 0.25) is 0 Å². The van der Waals surface area contributed by atoms with Crippen molar-refractivity contribution in [3.8, 4) is 0 Å². The molecule has 1 aromatic carbocycles. The summed E-state index contributed by atoms with van der Waals surface area (Å²) in [5.41, 5.74) is 1.18. The van der Waals surface area contributed by atoms with E-state index in [4.69, 9.17) is 28.3 Å². The minimum Gasteiger partial charge on any atom is -0.396 e. The van der Waals surface area contributed by atoms with E-state index in [0.29, 0.717) is 16.1 Å². The average molecular weight is 290 g/mol. The van der Waals surface area contributed by atoms with Gasteiger partial charge in [-0.2, -0.15) is 0 Å². The highest BCUT2D eigenvalue weighted by molar-refractivity contribution is 6.42. The summed E-state index contributed by atoms with van der Waals surface area (Å²) in [6.45, 7) is 3.39. The second-order valence-electron chi connectivity index (χ2n) is 4.37. The highest BCUT2D eigenvalue weighted by Gasteiger charge is 2.09. The molecule has 0 radical (unpaired) electrons. The van der Waals surface area contributed by atoms with Gasteiger partial charge in [0, 0.05) is 12.6 Å². The van der Waals surface area contributed by atoms with E-state index in [-0.39, 0.29) is 6.61 Å². The molecule has 1 rings (SSSR count). The van der Waals surface area contributed by atoms with Gasteiger partial charge in [-0.1, -0.05) is 36.2 Å². The maximum absolute atomic E-state index is 8.71. The Hall–Kier alpha value is -0.280. The molecular weight excluding hydrogens is 269 g/mol. The number of aliphatic hydroxyl groups excluding tert-OH is 1. The van der Waals surface area contributed by atoms with Crippen molar-refractivity contribution in [1.82, 2.24) is 5.32 Å². The van der Waals surface area contributed by atoms with E-state index >= 15 is 0 Å². The normalized spacial score (nSPS) is 12.7. The van der Waals surface area contributed by atoms with Gasteiger partial charge in [-0.15, -0.1) is 0 Å². The summed E-state index contributed by atoms with van der Waals surface area (Å²) < 4.78 is 0. The van der Waals surface area contributed by atoms with Crippen LogP contribution in [0.2, 0.25) is 10.0 Å². The van der Waals surface area contributed by atoms with Gasteiger partial charge in [0.05, 0.1) is 10.0 Å². The largest absolute Gasteiger partial charge is 0.396 e. The van der Waals surface area contributed by atoms with Gasteiger partial charge in [-0.25, -0.2) is 0 Å². The lowest BCUT2D eigenvalue weighted by atomic mass is 10.0. The number of unbranched alkanes of at least 4 members (excludes halogenated alkanes) is 2. The smallest absolute Gasteiger partial charge is 0.0595 e. The molecule has 0 saturated carbocycles. The van der Waals surface area contributed by atoms with Crippen molar-refractivity contribution >= 4 is 23.2 Å². The van der Waals surface area contributed by atoms with Crippen molar-refractivity contribution in [2.45, 2.75) is 38.6 Å². The van der Waals surface area contributed by atoms with Crippen LogP contribution in [0.3, 0.4) is 0 Å². The molecule has 0 bridgehead atoms. The second kappa shape index (κ2) is 8.76. The van der Waals surface area contributed by atoms with E-state index in [1.54, 1.807) is 0 Å². The lowest BCUT2D eigenvalue weighted by Crippen LogP contribution is -2.21. The van der Waals surface area contributed by atoms with Crippen LogP contribution < -0.4 is 5.32 Å². The van der Waals surface area contributed by atoms with Gasteiger partial charge < -0.3 is 10.4 Å². The van der Waals surface area contributed by atoms with Crippen LogP contribution in [0.25, 0.3) is 0 Å². The molecule has 1 aromatic rings. The molecule has 1 unspecified atom stereocenters. The zero-order valence-electron chi connectivity index (χ0n) is 10.8. The van der Waals surface area contributed by atoms with E-state index < -0.39 is 0 Å². The van der Waals surface area contributed by atoms with Gasteiger partial charge in [-0.3, -0.25) is 0 Å². The monoisotopic (exact) mass is 289 g/mol. The molecule has 0 aliphatic rings. The Labute approximate surface area is 119 Å². The summed E-state index contributed by atoms with van der Waals surface area (Å²) in [6, 6.07) is 6.10. The van der Waals surface area contributed by atoms with Crippen molar-refractivity contribution in [1.29, 1.82) is 0 Å². The number of rotatable bonds is 8. The first-order chi connectivity index (χ1) is 8.69. The summed E-state index contributed by atoms with van der Waals surface area (Å²) in [6.07, 6.45) is 4.03. The number of aliphatic hydroxyl groups is 1. The van der Waals surface area contributed by atoms with Crippen molar-refractivity contribution in [2.75, 3.05) is 13.2 Å². The highest BCUT2D eigenvalue weighted by Crippen LogP contribution is 2.26. The first kappa shape index (κ1) is 15.8. The topological polar surface area (TPSA) is 32.3 Å². The molecular formula is C14H21Cl2NO. The van der Waals surface area contributed by atoms with Crippen molar-refractivity contribution in [3.05, 3.63) is 33.8 Å². The predicted octanol–water partition coefficient (Wildman–Crippen LogP) is 4.20. The standard InChI is InChI=1S/C14H21Cl2NO/c1-2-14(17-8-4-3-5-9-18)11-6-7-12(15)13(16)10-11/h6-7,10,14,17-18H,2-5,8-9H2,1H3. The molecule has 0 amide bonds. The minimum atomic E-state index is 0.282. The molecule has 1 atom stereocenters. The van der Waals surface area contributed by atoms with E-state index in [2.05, 4.69) is 12.2 Å². The van der Waals surface area contributed by atoms with Crippen molar-refractivity contribution in [3.63, 3.8) is 0 Å². The summed E-state index contributed by atoms with van der Waals surface area (Å²) >= 11 is 11.9. The Balaban J connectivity index is 2.47. The van der Waals surface area contributed by atoms with Gasteiger partial charge in [0.15, 0.2) is 0 Å². The lowest BCUT2D eigenvalue weighted by Gasteiger charge is -2.18. The number of halogens is 2. The van der Waals surface area contributed by atoms with Crippen LogP contribution in [0.4, 0.5) is 0 Å². The molecule has 2 N–H and O–H groups in total. The second-order valence-corrected chi connectivity index (χ2v) is 5.19. The molecule has 0 spiro atoms. The number of benzene rings is 1. The van der Waals surface area contributed by atoms with E-state index in [0.717, 1.165) is 32.2 Å².